The summed E-state index contributed by atoms with van der Waals surface area (Å²) in [5, 5.41) is 2.35. The summed E-state index contributed by atoms with van der Waals surface area (Å²) >= 11 is 0. The highest BCUT2D eigenvalue weighted by molar-refractivity contribution is 6.05. The number of carbonyl (C=O) groups is 3. The number of carbonyl (C=O) groups excluding carboxylic acids is 3. The SMILES string of the molecule is Nc1nc(-c2ccc3c(c2)CN(C2CCC(=O)NC2=O)C3=O)cc(CN2CCCC2)c1C=NC1COC1. The molecule has 4 aliphatic heterocycles. The summed E-state index contributed by atoms with van der Waals surface area (Å²) in [6.45, 7) is 4.47. The summed E-state index contributed by atoms with van der Waals surface area (Å²) in [7, 11) is 0. The predicted molar refractivity (Wildman–Crippen MR) is 137 cm³/mol. The molecule has 192 valence electrons. The van der Waals surface area contributed by atoms with E-state index in [1.54, 1.807) is 11.0 Å². The second kappa shape index (κ2) is 9.68. The third kappa shape index (κ3) is 4.62. The number of nitrogens with two attached hydrogens (primary N) is 1. The lowest BCUT2D eigenvalue weighted by molar-refractivity contribution is -0.136. The summed E-state index contributed by atoms with van der Waals surface area (Å²) in [5.74, 6) is -0.470. The Morgan fingerprint density at radius 2 is 1.97 bits per heavy atom. The normalized spacial score (nSPS) is 22.5. The van der Waals surface area contributed by atoms with Crippen molar-refractivity contribution in [1.29, 1.82) is 0 Å². The summed E-state index contributed by atoms with van der Waals surface area (Å²) in [4.78, 5) is 50.3. The molecule has 0 spiro atoms. The van der Waals surface area contributed by atoms with Crippen molar-refractivity contribution in [2.75, 3.05) is 32.0 Å². The highest BCUT2D eigenvalue weighted by Crippen LogP contribution is 2.32. The standard InChI is InChI=1S/C27H30N6O4/c28-25-21(11-29-19-14-37-15-19)18(12-32-7-1-2-8-32)10-22(30-25)16-3-4-20-17(9-16)13-33(27(20)36)23-5-6-24(34)31-26(23)35/h3-4,9-11,19,23H,1-2,5-8,12-15H2,(H2,28,30)(H,31,34,35). The number of aliphatic imine (C=N–C) groups is 1. The molecule has 2 aromatic rings. The van der Waals surface area contributed by atoms with Gasteiger partial charge in [-0.05, 0) is 61.7 Å². The zero-order valence-electron chi connectivity index (χ0n) is 20.6. The van der Waals surface area contributed by atoms with Gasteiger partial charge in [0.25, 0.3) is 5.91 Å². The van der Waals surface area contributed by atoms with E-state index in [0.717, 1.165) is 47.6 Å². The number of anilines is 1. The number of pyridine rings is 1. The quantitative estimate of drug-likeness (QED) is 0.452. The van der Waals surface area contributed by atoms with Gasteiger partial charge < -0.3 is 15.4 Å². The van der Waals surface area contributed by atoms with Crippen molar-refractivity contribution >= 4 is 29.8 Å². The second-order valence-corrected chi connectivity index (χ2v) is 10.2. The molecule has 0 radical (unpaired) electrons. The fourth-order valence-corrected chi connectivity index (χ4v) is 5.46. The molecule has 10 nitrogen and oxygen atoms in total. The maximum absolute atomic E-state index is 13.1. The van der Waals surface area contributed by atoms with Gasteiger partial charge >= 0.3 is 0 Å². The largest absolute Gasteiger partial charge is 0.383 e. The summed E-state index contributed by atoms with van der Waals surface area (Å²) in [5.41, 5.74) is 11.4. The van der Waals surface area contributed by atoms with Crippen LogP contribution in [0.4, 0.5) is 5.82 Å². The summed E-state index contributed by atoms with van der Waals surface area (Å²) in [6, 6.07) is 7.24. The van der Waals surface area contributed by atoms with Gasteiger partial charge in [0.2, 0.25) is 11.8 Å². The molecule has 1 aromatic carbocycles. The third-order valence-electron chi connectivity index (χ3n) is 7.62. The smallest absolute Gasteiger partial charge is 0.255 e. The first-order chi connectivity index (χ1) is 18.0. The first-order valence-corrected chi connectivity index (χ1v) is 12.9. The van der Waals surface area contributed by atoms with E-state index in [9.17, 15) is 14.4 Å². The third-order valence-corrected chi connectivity index (χ3v) is 7.62. The Morgan fingerprint density at radius 3 is 2.70 bits per heavy atom. The van der Waals surface area contributed by atoms with Gasteiger partial charge in [-0.15, -0.1) is 0 Å². The lowest BCUT2D eigenvalue weighted by atomic mass is 10.0. The number of hydrogen-bond acceptors (Lipinski definition) is 8. The molecular weight excluding hydrogens is 472 g/mol. The van der Waals surface area contributed by atoms with E-state index in [1.807, 2.05) is 18.3 Å². The van der Waals surface area contributed by atoms with Crippen LogP contribution in [-0.2, 0) is 27.4 Å². The predicted octanol–water partition coefficient (Wildman–Crippen LogP) is 1.51. The Hall–Kier alpha value is -3.63. The van der Waals surface area contributed by atoms with Crippen LogP contribution < -0.4 is 11.1 Å². The monoisotopic (exact) mass is 502 g/mol. The molecule has 10 heteroatoms. The van der Waals surface area contributed by atoms with E-state index in [1.165, 1.54) is 12.8 Å². The number of rotatable bonds is 6. The van der Waals surface area contributed by atoms with Crippen LogP contribution in [0.2, 0.25) is 0 Å². The van der Waals surface area contributed by atoms with Crippen molar-refractivity contribution in [1.82, 2.24) is 20.1 Å². The van der Waals surface area contributed by atoms with Crippen molar-refractivity contribution in [3.05, 3.63) is 46.5 Å². The second-order valence-electron chi connectivity index (χ2n) is 10.2. The summed E-state index contributed by atoms with van der Waals surface area (Å²) in [6.07, 6.45) is 4.79. The van der Waals surface area contributed by atoms with E-state index < -0.39 is 11.9 Å². The van der Waals surface area contributed by atoms with Crippen LogP contribution in [0, 0.1) is 0 Å². The summed E-state index contributed by atoms with van der Waals surface area (Å²) < 4.78 is 5.24. The fraction of sp³-hybridized carbons (Fsp3) is 0.444. The number of nitrogens with zero attached hydrogens (tertiary/aromatic N) is 4. The van der Waals surface area contributed by atoms with Crippen LogP contribution in [0.5, 0.6) is 0 Å². The molecule has 1 unspecified atom stereocenters. The van der Waals surface area contributed by atoms with Gasteiger partial charge in [0.1, 0.15) is 11.9 Å². The van der Waals surface area contributed by atoms with Crippen LogP contribution in [0.1, 0.15) is 52.7 Å². The zero-order chi connectivity index (χ0) is 25.5. The van der Waals surface area contributed by atoms with Crippen molar-refractivity contribution in [2.24, 2.45) is 4.99 Å². The molecule has 0 bridgehead atoms. The average molecular weight is 503 g/mol. The van der Waals surface area contributed by atoms with E-state index in [2.05, 4.69) is 21.3 Å². The van der Waals surface area contributed by atoms with Gasteiger partial charge in [-0.25, -0.2) is 4.98 Å². The van der Waals surface area contributed by atoms with Crippen molar-refractivity contribution in [3.8, 4) is 11.3 Å². The maximum Gasteiger partial charge on any atom is 0.255 e. The minimum absolute atomic E-state index is 0.167. The van der Waals surface area contributed by atoms with E-state index >= 15 is 0 Å². The Morgan fingerprint density at radius 1 is 1.16 bits per heavy atom. The molecule has 3 amide bonds. The number of piperidine rings is 1. The van der Waals surface area contributed by atoms with Crippen molar-refractivity contribution in [2.45, 2.75) is 50.9 Å². The number of imide groups is 1. The number of likely N-dealkylation sites (tertiary alicyclic amines) is 1. The molecular formula is C27H30N6O4. The molecule has 3 fully saturated rings. The Balaban J connectivity index is 1.29. The maximum atomic E-state index is 13.1. The van der Waals surface area contributed by atoms with Crippen LogP contribution in [0.15, 0.2) is 29.3 Å². The van der Waals surface area contributed by atoms with Crippen LogP contribution in [0.25, 0.3) is 11.3 Å². The van der Waals surface area contributed by atoms with Crippen molar-refractivity contribution in [3.63, 3.8) is 0 Å². The van der Waals surface area contributed by atoms with Crippen LogP contribution in [0.3, 0.4) is 0 Å². The van der Waals surface area contributed by atoms with Gasteiger partial charge in [0.15, 0.2) is 0 Å². The van der Waals surface area contributed by atoms with Gasteiger partial charge in [0, 0.05) is 42.4 Å². The lowest BCUT2D eigenvalue weighted by Gasteiger charge is -2.29. The number of hydrogen-bond donors (Lipinski definition) is 2. The number of ether oxygens (including phenoxy) is 1. The molecule has 0 aliphatic carbocycles. The number of fused-ring (bicyclic) bond motifs is 1. The molecule has 3 N–H and O–H groups in total. The molecule has 6 rings (SSSR count). The highest BCUT2D eigenvalue weighted by atomic mass is 16.5. The minimum Gasteiger partial charge on any atom is -0.383 e. The molecule has 4 aliphatic rings. The Bertz CT molecular complexity index is 1300. The Kier molecular flexibility index (Phi) is 6.21. The van der Waals surface area contributed by atoms with E-state index in [4.69, 9.17) is 15.5 Å². The molecule has 0 saturated carbocycles. The first-order valence-electron chi connectivity index (χ1n) is 12.9. The number of nitrogen functional groups attached to an aromatic ring is 1. The number of amides is 3. The van der Waals surface area contributed by atoms with E-state index in [0.29, 0.717) is 37.6 Å². The number of benzene rings is 1. The number of nitrogens with one attached hydrogen (secondary N) is 1. The zero-order valence-corrected chi connectivity index (χ0v) is 20.6. The van der Waals surface area contributed by atoms with Gasteiger partial charge in [0.05, 0.1) is 24.9 Å². The van der Waals surface area contributed by atoms with Crippen molar-refractivity contribution < 1.29 is 19.1 Å². The molecule has 1 atom stereocenters. The Labute approximate surface area is 214 Å². The van der Waals surface area contributed by atoms with Crippen LogP contribution >= 0.6 is 0 Å². The molecule has 5 heterocycles. The minimum atomic E-state index is -0.637. The lowest BCUT2D eigenvalue weighted by Crippen LogP contribution is -2.52. The topological polar surface area (TPSA) is 130 Å². The fourth-order valence-electron chi connectivity index (χ4n) is 5.46. The molecule has 37 heavy (non-hydrogen) atoms. The van der Waals surface area contributed by atoms with Gasteiger partial charge in [-0.1, -0.05) is 6.07 Å². The first kappa shape index (κ1) is 23.7. The van der Waals surface area contributed by atoms with E-state index in [-0.39, 0.29) is 24.3 Å². The molecule has 3 saturated heterocycles. The average Bonchev–Trinajstić information content (AvgIpc) is 3.47. The van der Waals surface area contributed by atoms with Gasteiger partial charge in [-0.3, -0.25) is 29.6 Å². The number of aromatic nitrogens is 1. The van der Waals surface area contributed by atoms with Crippen LogP contribution in [-0.4, -0.2) is 77.1 Å². The molecule has 1 aromatic heterocycles. The van der Waals surface area contributed by atoms with Gasteiger partial charge in [-0.2, -0.15) is 0 Å². The highest BCUT2D eigenvalue weighted by Gasteiger charge is 2.39.